The average Bonchev–Trinajstić information content (AvgIpc) is 2.78. The highest BCUT2D eigenvalue weighted by Crippen LogP contribution is 2.19. The zero-order valence-electron chi connectivity index (χ0n) is 17.5. The van der Waals surface area contributed by atoms with Gasteiger partial charge in [-0.3, -0.25) is 5.32 Å². The molecule has 1 aromatic carbocycles. The van der Waals surface area contributed by atoms with Gasteiger partial charge in [-0.2, -0.15) is 9.97 Å². The van der Waals surface area contributed by atoms with Gasteiger partial charge >= 0.3 is 12.0 Å². The highest BCUT2D eigenvalue weighted by molar-refractivity contribution is 7.90. The van der Waals surface area contributed by atoms with E-state index in [4.69, 9.17) is 23.7 Å². The molecule has 0 spiro atoms. The molecule has 14 heteroatoms. The Labute approximate surface area is 184 Å². The van der Waals surface area contributed by atoms with E-state index in [0.29, 0.717) is 6.61 Å². The molecule has 1 aromatic heterocycles. The van der Waals surface area contributed by atoms with E-state index < -0.39 is 33.7 Å². The molecule has 0 unspecified atom stereocenters. The van der Waals surface area contributed by atoms with Gasteiger partial charge in [0.05, 0.1) is 39.1 Å². The third kappa shape index (κ3) is 7.04. The van der Waals surface area contributed by atoms with Crippen molar-refractivity contribution in [3.63, 3.8) is 0 Å². The molecule has 0 saturated heterocycles. The summed E-state index contributed by atoms with van der Waals surface area (Å²) in [6, 6.07) is 5.39. The number of amides is 2. The largest absolute Gasteiger partial charge is 0.481 e. The van der Waals surface area contributed by atoms with Crippen LogP contribution in [0.4, 0.5) is 10.7 Å². The number of rotatable bonds is 11. The summed E-state index contributed by atoms with van der Waals surface area (Å²) in [7, 11) is -0.301. The van der Waals surface area contributed by atoms with Crippen molar-refractivity contribution in [1.29, 1.82) is 0 Å². The number of ether oxygens (including phenoxy) is 5. The van der Waals surface area contributed by atoms with Gasteiger partial charge in [-0.1, -0.05) is 12.1 Å². The number of hydrogen-bond acceptors (Lipinski definition) is 11. The molecular formula is C18H22N4O9S. The number of nitrogens with one attached hydrogen (secondary N) is 2. The van der Waals surface area contributed by atoms with Crippen LogP contribution in [-0.4, -0.2) is 71.7 Å². The van der Waals surface area contributed by atoms with Crippen LogP contribution in [0.3, 0.4) is 0 Å². The number of sulfonamides is 1. The normalized spacial score (nSPS) is 10.8. The van der Waals surface area contributed by atoms with Crippen LogP contribution < -0.4 is 19.5 Å². The van der Waals surface area contributed by atoms with E-state index in [9.17, 15) is 18.0 Å². The second-order valence-corrected chi connectivity index (χ2v) is 7.43. The predicted molar refractivity (Wildman–Crippen MR) is 109 cm³/mol. The Balaban J connectivity index is 2.12. The van der Waals surface area contributed by atoms with Crippen LogP contribution >= 0.6 is 0 Å². The van der Waals surface area contributed by atoms with E-state index in [1.54, 1.807) is 4.72 Å². The molecule has 0 bridgehead atoms. The number of hydrogen-bond donors (Lipinski definition) is 2. The van der Waals surface area contributed by atoms with Gasteiger partial charge in [0, 0.05) is 7.11 Å². The molecule has 32 heavy (non-hydrogen) atoms. The molecule has 0 atom stereocenters. The first-order valence-electron chi connectivity index (χ1n) is 8.94. The van der Waals surface area contributed by atoms with E-state index >= 15 is 0 Å². The number of esters is 1. The number of methoxy groups -OCH3 is 3. The van der Waals surface area contributed by atoms with Gasteiger partial charge < -0.3 is 23.7 Å². The van der Waals surface area contributed by atoms with Crippen molar-refractivity contribution in [2.75, 3.05) is 46.7 Å². The summed E-state index contributed by atoms with van der Waals surface area (Å²) in [5, 5.41) is 2.16. The van der Waals surface area contributed by atoms with Gasteiger partial charge in [0.2, 0.25) is 17.7 Å². The first kappa shape index (κ1) is 24.8. The van der Waals surface area contributed by atoms with Crippen molar-refractivity contribution >= 4 is 28.0 Å². The Hall–Kier alpha value is -3.49. The van der Waals surface area contributed by atoms with E-state index in [-0.39, 0.29) is 29.9 Å². The lowest BCUT2D eigenvalue weighted by atomic mass is 10.2. The molecule has 1 heterocycles. The molecule has 2 rings (SSSR count). The average molecular weight is 470 g/mol. The van der Waals surface area contributed by atoms with Crippen molar-refractivity contribution in [2.45, 2.75) is 4.90 Å². The fourth-order valence-corrected chi connectivity index (χ4v) is 3.32. The summed E-state index contributed by atoms with van der Waals surface area (Å²) in [5.74, 6) is -1.06. The fraction of sp³-hybridized carbons (Fsp3) is 0.333. The summed E-state index contributed by atoms with van der Waals surface area (Å²) >= 11 is 0. The lowest BCUT2D eigenvalue weighted by Gasteiger charge is -2.12. The highest BCUT2D eigenvalue weighted by Gasteiger charge is 2.25. The zero-order valence-corrected chi connectivity index (χ0v) is 18.3. The molecule has 2 N–H and O–H groups in total. The maximum atomic E-state index is 12.7. The number of carbonyl (C=O) groups is 2. The molecule has 2 aromatic rings. The summed E-state index contributed by atoms with van der Waals surface area (Å²) in [4.78, 5) is 31.8. The van der Waals surface area contributed by atoms with Gasteiger partial charge in [-0.05, 0) is 12.1 Å². The first-order chi connectivity index (χ1) is 15.3. The van der Waals surface area contributed by atoms with E-state index in [1.165, 1.54) is 45.6 Å². The molecular weight excluding hydrogens is 448 g/mol. The number of carbonyl (C=O) groups excluding carboxylic acids is 2. The van der Waals surface area contributed by atoms with Crippen LogP contribution in [0.5, 0.6) is 11.8 Å². The van der Waals surface area contributed by atoms with Gasteiger partial charge in [0.15, 0.2) is 6.79 Å². The third-order valence-electron chi connectivity index (χ3n) is 3.65. The SMILES string of the molecule is COCCOCOC(=O)c1ccccc1S(=O)(=O)NC(=O)Nc1nc(OC)cc(OC)n1. The number of nitrogens with zero attached hydrogens (tertiary/aromatic N) is 2. The Kier molecular flexibility index (Phi) is 9.12. The molecule has 13 nitrogen and oxygen atoms in total. The molecule has 0 fully saturated rings. The zero-order chi connectivity index (χ0) is 23.6. The fourth-order valence-electron chi connectivity index (χ4n) is 2.22. The summed E-state index contributed by atoms with van der Waals surface area (Å²) in [6.07, 6.45) is 0. The van der Waals surface area contributed by atoms with E-state index in [0.717, 1.165) is 6.07 Å². The van der Waals surface area contributed by atoms with Gasteiger partial charge in [-0.15, -0.1) is 0 Å². The minimum absolute atomic E-state index is 0.0795. The molecule has 0 saturated carbocycles. The Morgan fingerprint density at radius 3 is 2.28 bits per heavy atom. The van der Waals surface area contributed by atoms with Crippen LogP contribution in [0.25, 0.3) is 0 Å². The Morgan fingerprint density at radius 1 is 1.00 bits per heavy atom. The second-order valence-electron chi connectivity index (χ2n) is 5.78. The lowest BCUT2D eigenvalue weighted by molar-refractivity contribution is -0.0438. The van der Waals surface area contributed by atoms with Gasteiger partial charge in [0.1, 0.15) is 4.90 Å². The van der Waals surface area contributed by atoms with E-state index in [2.05, 4.69) is 15.3 Å². The minimum Gasteiger partial charge on any atom is -0.481 e. The highest BCUT2D eigenvalue weighted by atomic mass is 32.2. The van der Waals surface area contributed by atoms with Crippen LogP contribution in [0.15, 0.2) is 35.2 Å². The summed E-state index contributed by atoms with van der Waals surface area (Å²) in [6.45, 7) is 0.0759. The smallest absolute Gasteiger partial charge is 0.341 e. The second kappa shape index (κ2) is 11.8. The van der Waals surface area contributed by atoms with Gasteiger partial charge in [-0.25, -0.2) is 22.7 Å². The van der Waals surface area contributed by atoms with E-state index in [1.807, 2.05) is 0 Å². The topological polar surface area (TPSA) is 164 Å². The summed E-state index contributed by atoms with van der Waals surface area (Å²) in [5.41, 5.74) is -0.289. The standard InChI is InChI=1S/C18H22N4O9S/c1-27-8-9-30-11-31-16(23)12-6-4-5-7-13(12)32(25,26)22-18(24)21-17-19-14(28-2)10-15(20-17)29-3/h4-7,10H,8-9,11H2,1-3H3,(H2,19,20,21,22,24). The van der Waals surface area contributed by atoms with Crippen molar-refractivity contribution in [2.24, 2.45) is 0 Å². The number of aromatic nitrogens is 2. The van der Waals surface area contributed by atoms with Crippen LogP contribution in [0.2, 0.25) is 0 Å². The van der Waals surface area contributed by atoms with Crippen molar-refractivity contribution in [1.82, 2.24) is 14.7 Å². The quantitative estimate of drug-likeness (QED) is 0.271. The predicted octanol–water partition coefficient (Wildman–Crippen LogP) is 0.781. The molecule has 174 valence electrons. The maximum Gasteiger partial charge on any atom is 0.341 e. The number of benzene rings is 1. The molecule has 2 amide bonds. The molecule has 0 aliphatic heterocycles. The van der Waals surface area contributed by atoms with Crippen LogP contribution in [0, 0.1) is 0 Å². The number of anilines is 1. The monoisotopic (exact) mass is 470 g/mol. The lowest BCUT2D eigenvalue weighted by Crippen LogP contribution is -2.35. The maximum absolute atomic E-state index is 12.7. The minimum atomic E-state index is -4.47. The third-order valence-corrected chi connectivity index (χ3v) is 5.04. The van der Waals surface area contributed by atoms with Crippen molar-refractivity contribution < 1.29 is 41.7 Å². The first-order valence-corrected chi connectivity index (χ1v) is 10.4. The van der Waals surface area contributed by atoms with Crippen molar-refractivity contribution in [3.8, 4) is 11.8 Å². The van der Waals surface area contributed by atoms with Crippen LogP contribution in [-0.2, 0) is 24.2 Å². The molecule has 0 radical (unpaired) electrons. The van der Waals surface area contributed by atoms with Gasteiger partial charge in [0.25, 0.3) is 10.0 Å². The van der Waals surface area contributed by atoms with Crippen molar-refractivity contribution in [3.05, 3.63) is 35.9 Å². The Morgan fingerprint density at radius 2 is 1.66 bits per heavy atom. The molecule has 0 aliphatic rings. The number of urea groups is 1. The summed E-state index contributed by atoms with van der Waals surface area (Å²) < 4.78 is 51.8. The van der Waals surface area contributed by atoms with Crippen LogP contribution in [0.1, 0.15) is 10.4 Å². The molecule has 0 aliphatic carbocycles. The Bertz CT molecular complexity index is 1020.